The largest absolute Gasteiger partial charge is 0.355 e. The van der Waals surface area contributed by atoms with E-state index in [1.807, 2.05) is 31.0 Å². The van der Waals surface area contributed by atoms with E-state index in [1.54, 1.807) is 0 Å². The van der Waals surface area contributed by atoms with Gasteiger partial charge < -0.3 is 11.1 Å². The van der Waals surface area contributed by atoms with E-state index in [1.165, 1.54) is 11.3 Å². The van der Waals surface area contributed by atoms with Gasteiger partial charge in [-0.3, -0.25) is 9.69 Å². The maximum absolute atomic E-state index is 11.5. The zero-order chi connectivity index (χ0) is 12.8. The summed E-state index contributed by atoms with van der Waals surface area (Å²) in [5.41, 5.74) is 5.75. The first-order chi connectivity index (χ1) is 8.08. The highest BCUT2D eigenvalue weighted by Crippen LogP contribution is 2.29. The Morgan fingerprint density at radius 3 is 2.82 bits per heavy atom. The average molecular weight is 276 g/mol. The van der Waals surface area contributed by atoms with E-state index < -0.39 is 0 Å². The van der Waals surface area contributed by atoms with Crippen molar-refractivity contribution >= 4 is 28.8 Å². The minimum absolute atomic E-state index is 0.0103. The normalized spacial score (nSPS) is 12.8. The molecule has 0 saturated carbocycles. The summed E-state index contributed by atoms with van der Waals surface area (Å²) in [4.78, 5) is 14.5. The molecule has 1 aromatic rings. The number of nitrogens with zero attached hydrogens (tertiary/aromatic N) is 1. The lowest BCUT2D eigenvalue weighted by Crippen LogP contribution is -2.39. The van der Waals surface area contributed by atoms with E-state index in [0.29, 0.717) is 19.6 Å². The molecule has 0 aliphatic carbocycles. The highest BCUT2D eigenvalue weighted by molar-refractivity contribution is 7.16. The van der Waals surface area contributed by atoms with E-state index in [2.05, 4.69) is 5.32 Å². The Morgan fingerprint density at radius 2 is 2.35 bits per heavy atom. The molecule has 1 unspecified atom stereocenters. The number of thiophene rings is 1. The van der Waals surface area contributed by atoms with Crippen molar-refractivity contribution in [2.45, 2.75) is 13.0 Å². The Bertz CT molecular complexity index is 369. The predicted molar refractivity (Wildman–Crippen MR) is 72.4 cm³/mol. The van der Waals surface area contributed by atoms with Crippen molar-refractivity contribution in [2.75, 3.05) is 26.7 Å². The molecule has 3 N–H and O–H groups in total. The topological polar surface area (TPSA) is 58.4 Å². The van der Waals surface area contributed by atoms with Crippen LogP contribution in [0.15, 0.2) is 12.1 Å². The van der Waals surface area contributed by atoms with E-state index in [0.717, 1.165) is 9.21 Å². The predicted octanol–water partition coefficient (Wildman–Crippen LogP) is 1.47. The molecular weight excluding hydrogens is 258 g/mol. The summed E-state index contributed by atoms with van der Waals surface area (Å²) in [6.45, 7) is 3.35. The lowest BCUT2D eigenvalue weighted by atomic mass is 10.2. The molecule has 1 rings (SSSR count). The molecular formula is C11H18ClN3OS. The first kappa shape index (κ1) is 14.4. The number of halogens is 1. The summed E-state index contributed by atoms with van der Waals surface area (Å²) in [6, 6.07) is 3.85. The van der Waals surface area contributed by atoms with Crippen LogP contribution < -0.4 is 11.1 Å². The summed E-state index contributed by atoms with van der Waals surface area (Å²) >= 11 is 7.40. The van der Waals surface area contributed by atoms with Crippen LogP contribution in [0.4, 0.5) is 0 Å². The fourth-order valence-electron chi connectivity index (χ4n) is 1.61. The highest BCUT2D eigenvalue weighted by Gasteiger charge is 2.19. The van der Waals surface area contributed by atoms with Crippen LogP contribution in [0.2, 0.25) is 4.34 Å². The Balaban J connectivity index is 2.64. The molecule has 0 aliphatic heterocycles. The van der Waals surface area contributed by atoms with Gasteiger partial charge in [0.05, 0.1) is 16.9 Å². The van der Waals surface area contributed by atoms with Crippen molar-refractivity contribution in [3.8, 4) is 0 Å². The number of carbonyl (C=O) groups excluding carboxylic acids is 1. The Labute approximate surface area is 111 Å². The molecule has 0 aliphatic rings. The van der Waals surface area contributed by atoms with E-state index in [9.17, 15) is 4.79 Å². The van der Waals surface area contributed by atoms with Crippen LogP contribution in [0, 0.1) is 0 Å². The lowest BCUT2D eigenvalue weighted by Gasteiger charge is -2.25. The third-order valence-corrected chi connectivity index (χ3v) is 3.78. The maximum atomic E-state index is 11.5. The molecule has 17 heavy (non-hydrogen) atoms. The molecule has 6 heteroatoms. The number of hydrogen-bond donors (Lipinski definition) is 2. The van der Waals surface area contributed by atoms with E-state index in [4.69, 9.17) is 17.3 Å². The molecule has 1 aromatic heterocycles. The van der Waals surface area contributed by atoms with Crippen LogP contribution in [0.25, 0.3) is 0 Å². The Kier molecular flexibility index (Phi) is 5.91. The van der Waals surface area contributed by atoms with Crippen LogP contribution in [-0.4, -0.2) is 37.5 Å². The second-order valence-corrected chi connectivity index (χ2v) is 5.51. The molecule has 0 fully saturated rings. The molecule has 1 heterocycles. The number of nitrogens with two attached hydrogens (primary N) is 1. The van der Waals surface area contributed by atoms with Gasteiger partial charge in [0.2, 0.25) is 5.91 Å². The number of likely N-dealkylation sites (N-methyl/N-ethyl adjacent to an activating group) is 2. The van der Waals surface area contributed by atoms with Crippen LogP contribution >= 0.6 is 22.9 Å². The van der Waals surface area contributed by atoms with Gasteiger partial charge in [-0.05, 0) is 26.1 Å². The van der Waals surface area contributed by atoms with Gasteiger partial charge in [0, 0.05) is 18.0 Å². The van der Waals surface area contributed by atoms with Crippen molar-refractivity contribution in [3.63, 3.8) is 0 Å². The van der Waals surface area contributed by atoms with E-state index >= 15 is 0 Å². The third-order valence-electron chi connectivity index (χ3n) is 2.44. The summed E-state index contributed by atoms with van der Waals surface area (Å²) in [7, 11) is 1.89. The molecule has 0 aromatic carbocycles. The SMILES string of the molecule is CCNC(=O)CN(C)C(CN)c1ccc(Cl)s1. The van der Waals surface area contributed by atoms with Crippen LogP contribution in [0.5, 0.6) is 0 Å². The molecule has 0 saturated heterocycles. The highest BCUT2D eigenvalue weighted by atomic mass is 35.5. The number of amides is 1. The second-order valence-electron chi connectivity index (χ2n) is 3.76. The van der Waals surface area contributed by atoms with Gasteiger partial charge in [-0.1, -0.05) is 11.6 Å². The summed E-state index contributed by atoms with van der Waals surface area (Å²) in [6.07, 6.45) is 0. The van der Waals surface area contributed by atoms with Crippen molar-refractivity contribution in [2.24, 2.45) is 5.73 Å². The number of hydrogen-bond acceptors (Lipinski definition) is 4. The standard InChI is InChI=1S/C11H18ClN3OS/c1-3-14-11(16)7-15(2)8(6-13)9-4-5-10(12)17-9/h4-5,8H,3,6-7,13H2,1-2H3,(H,14,16). The lowest BCUT2D eigenvalue weighted by molar-refractivity contribution is -0.122. The molecule has 0 spiro atoms. The molecule has 96 valence electrons. The maximum Gasteiger partial charge on any atom is 0.234 e. The zero-order valence-electron chi connectivity index (χ0n) is 10.1. The van der Waals surface area contributed by atoms with Crippen LogP contribution in [0.1, 0.15) is 17.8 Å². The van der Waals surface area contributed by atoms with Crippen LogP contribution in [0.3, 0.4) is 0 Å². The summed E-state index contributed by atoms with van der Waals surface area (Å²) < 4.78 is 0.741. The van der Waals surface area contributed by atoms with Gasteiger partial charge in [0.15, 0.2) is 0 Å². The van der Waals surface area contributed by atoms with Crippen molar-refractivity contribution in [3.05, 3.63) is 21.3 Å². The van der Waals surface area contributed by atoms with E-state index in [-0.39, 0.29) is 11.9 Å². The van der Waals surface area contributed by atoms with Crippen LogP contribution in [-0.2, 0) is 4.79 Å². The summed E-state index contributed by atoms with van der Waals surface area (Å²) in [5, 5.41) is 2.77. The molecule has 1 amide bonds. The molecule has 1 atom stereocenters. The van der Waals surface area contributed by atoms with Gasteiger partial charge in [-0.25, -0.2) is 0 Å². The monoisotopic (exact) mass is 275 g/mol. The Hall–Kier alpha value is -0.620. The number of rotatable bonds is 6. The minimum Gasteiger partial charge on any atom is -0.355 e. The minimum atomic E-state index is 0.0103. The number of carbonyl (C=O) groups is 1. The first-order valence-electron chi connectivity index (χ1n) is 5.50. The average Bonchev–Trinajstić information content (AvgIpc) is 2.66. The fraction of sp³-hybridized carbons (Fsp3) is 0.545. The smallest absolute Gasteiger partial charge is 0.234 e. The van der Waals surface area contributed by atoms with Gasteiger partial charge in [0.25, 0.3) is 0 Å². The first-order valence-corrected chi connectivity index (χ1v) is 6.70. The van der Waals surface area contributed by atoms with Crippen molar-refractivity contribution < 1.29 is 4.79 Å². The van der Waals surface area contributed by atoms with Gasteiger partial charge in [0.1, 0.15) is 0 Å². The van der Waals surface area contributed by atoms with Gasteiger partial charge >= 0.3 is 0 Å². The molecule has 0 radical (unpaired) electrons. The second kappa shape index (κ2) is 6.96. The quantitative estimate of drug-likeness (QED) is 0.827. The van der Waals surface area contributed by atoms with Crippen molar-refractivity contribution in [1.29, 1.82) is 0 Å². The zero-order valence-corrected chi connectivity index (χ0v) is 11.6. The Morgan fingerprint density at radius 1 is 1.65 bits per heavy atom. The van der Waals surface area contributed by atoms with Crippen molar-refractivity contribution in [1.82, 2.24) is 10.2 Å². The summed E-state index contributed by atoms with van der Waals surface area (Å²) in [5.74, 6) is 0.0103. The fourth-order valence-corrected chi connectivity index (χ4v) is 2.85. The number of nitrogens with one attached hydrogen (secondary N) is 1. The van der Waals surface area contributed by atoms with Gasteiger partial charge in [-0.2, -0.15) is 0 Å². The molecule has 0 bridgehead atoms. The molecule has 4 nitrogen and oxygen atoms in total. The van der Waals surface area contributed by atoms with Gasteiger partial charge in [-0.15, -0.1) is 11.3 Å². The third kappa shape index (κ3) is 4.27.